The Hall–Kier alpha value is -6.90. The van der Waals surface area contributed by atoms with E-state index in [4.69, 9.17) is 4.42 Å². The Morgan fingerprint density at radius 1 is 0.426 bits per heavy atom. The van der Waals surface area contributed by atoms with Gasteiger partial charge in [-0.1, -0.05) is 170 Å². The van der Waals surface area contributed by atoms with Crippen LogP contribution in [-0.2, 0) is 0 Å². The molecule has 1 heterocycles. The molecule has 0 saturated heterocycles. The molecule has 0 N–H and O–H groups in total. The molecule has 256 valence electrons. The van der Waals surface area contributed by atoms with Crippen LogP contribution in [0.2, 0.25) is 0 Å². The fourth-order valence-electron chi connectivity index (χ4n) is 8.13. The zero-order chi connectivity index (χ0) is 35.8. The van der Waals surface area contributed by atoms with Gasteiger partial charge in [-0.05, 0) is 92.9 Å². The Morgan fingerprint density at radius 2 is 1.00 bits per heavy atom. The van der Waals surface area contributed by atoms with E-state index in [1.165, 1.54) is 55.3 Å². The SMILES string of the molecule is C1=C(c2ccccc2N(c2ccc(-c3ccc(-c4ccccc4)cc3)cc2)c2cccc3c2oc2ccccc23)C=C(c2cccc3ccccc23)CC1. The van der Waals surface area contributed by atoms with Crippen molar-refractivity contribution in [2.24, 2.45) is 0 Å². The molecular formula is C52H37NO. The van der Waals surface area contributed by atoms with Crippen molar-refractivity contribution in [1.82, 2.24) is 0 Å². The summed E-state index contributed by atoms with van der Waals surface area (Å²) in [6.07, 6.45) is 6.80. The van der Waals surface area contributed by atoms with Gasteiger partial charge in [-0.15, -0.1) is 0 Å². The van der Waals surface area contributed by atoms with E-state index in [1.807, 2.05) is 6.07 Å². The van der Waals surface area contributed by atoms with Gasteiger partial charge in [0.2, 0.25) is 0 Å². The third-order valence-corrected chi connectivity index (χ3v) is 10.8. The number of para-hydroxylation sites is 3. The van der Waals surface area contributed by atoms with Gasteiger partial charge in [0.15, 0.2) is 5.58 Å². The van der Waals surface area contributed by atoms with Crippen LogP contribution in [0.1, 0.15) is 24.0 Å². The summed E-state index contributed by atoms with van der Waals surface area (Å²) in [5, 5.41) is 4.80. The molecule has 0 radical (unpaired) electrons. The first kappa shape index (κ1) is 31.8. The van der Waals surface area contributed by atoms with Crippen LogP contribution >= 0.6 is 0 Å². The van der Waals surface area contributed by atoms with E-state index in [1.54, 1.807) is 0 Å². The van der Waals surface area contributed by atoms with Crippen LogP contribution in [-0.4, -0.2) is 0 Å². The molecule has 0 atom stereocenters. The maximum Gasteiger partial charge on any atom is 0.159 e. The molecule has 8 aromatic carbocycles. The minimum atomic E-state index is 0.874. The summed E-state index contributed by atoms with van der Waals surface area (Å²) in [6, 6.07) is 67.3. The van der Waals surface area contributed by atoms with Crippen LogP contribution in [0, 0.1) is 0 Å². The lowest BCUT2D eigenvalue weighted by molar-refractivity contribution is 0.669. The van der Waals surface area contributed by atoms with Crippen molar-refractivity contribution in [2.75, 3.05) is 4.90 Å². The topological polar surface area (TPSA) is 16.4 Å². The van der Waals surface area contributed by atoms with Gasteiger partial charge in [0.1, 0.15) is 5.58 Å². The van der Waals surface area contributed by atoms with Crippen molar-refractivity contribution < 1.29 is 4.42 Å². The molecule has 0 fully saturated rings. The first-order valence-electron chi connectivity index (χ1n) is 18.7. The van der Waals surface area contributed by atoms with Gasteiger partial charge in [-0.25, -0.2) is 0 Å². The highest BCUT2D eigenvalue weighted by Gasteiger charge is 2.23. The molecule has 1 aliphatic rings. The van der Waals surface area contributed by atoms with Crippen molar-refractivity contribution in [3.05, 3.63) is 211 Å². The van der Waals surface area contributed by atoms with Crippen molar-refractivity contribution in [3.8, 4) is 22.3 Å². The number of furan rings is 1. The quantitative estimate of drug-likeness (QED) is 0.165. The number of anilines is 3. The summed E-state index contributed by atoms with van der Waals surface area (Å²) in [5.41, 5.74) is 14.8. The Bertz CT molecular complexity index is 2850. The molecule has 0 saturated carbocycles. The lowest BCUT2D eigenvalue weighted by atomic mass is 9.88. The third-order valence-electron chi connectivity index (χ3n) is 10.8. The first-order chi connectivity index (χ1) is 26.8. The van der Waals surface area contributed by atoms with E-state index in [2.05, 4.69) is 199 Å². The molecule has 0 aliphatic heterocycles. The zero-order valence-electron chi connectivity index (χ0n) is 29.8. The summed E-state index contributed by atoms with van der Waals surface area (Å²) < 4.78 is 6.68. The van der Waals surface area contributed by atoms with Crippen LogP contribution in [0.5, 0.6) is 0 Å². The van der Waals surface area contributed by atoms with Gasteiger partial charge in [-0.3, -0.25) is 0 Å². The molecule has 2 heteroatoms. The minimum Gasteiger partial charge on any atom is -0.454 e. The number of rotatable bonds is 7. The summed E-state index contributed by atoms with van der Waals surface area (Å²) in [6.45, 7) is 0. The van der Waals surface area contributed by atoms with Gasteiger partial charge in [0.05, 0.1) is 11.4 Å². The van der Waals surface area contributed by atoms with Crippen LogP contribution in [0.15, 0.2) is 205 Å². The molecule has 54 heavy (non-hydrogen) atoms. The second-order valence-electron chi connectivity index (χ2n) is 14.0. The van der Waals surface area contributed by atoms with Gasteiger partial charge in [0.25, 0.3) is 0 Å². The van der Waals surface area contributed by atoms with Crippen LogP contribution in [0.4, 0.5) is 17.1 Å². The molecule has 1 aliphatic carbocycles. The van der Waals surface area contributed by atoms with E-state index in [-0.39, 0.29) is 0 Å². The van der Waals surface area contributed by atoms with Gasteiger partial charge < -0.3 is 9.32 Å². The predicted octanol–water partition coefficient (Wildman–Crippen LogP) is 14.8. The number of benzene rings is 8. The van der Waals surface area contributed by atoms with Crippen LogP contribution in [0.25, 0.3) is 66.1 Å². The van der Waals surface area contributed by atoms with Gasteiger partial charge in [-0.2, -0.15) is 0 Å². The zero-order valence-corrected chi connectivity index (χ0v) is 29.8. The van der Waals surface area contributed by atoms with Crippen molar-refractivity contribution in [3.63, 3.8) is 0 Å². The Morgan fingerprint density at radius 3 is 1.81 bits per heavy atom. The maximum atomic E-state index is 6.68. The molecule has 10 rings (SSSR count). The minimum absolute atomic E-state index is 0.874. The van der Waals surface area contributed by atoms with Crippen LogP contribution < -0.4 is 4.90 Å². The molecule has 1 aromatic heterocycles. The lowest BCUT2D eigenvalue weighted by Crippen LogP contribution is -2.12. The first-order valence-corrected chi connectivity index (χ1v) is 18.7. The van der Waals surface area contributed by atoms with Crippen molar-refractivity contribution >= 4 is 60.9 Å². The lowest BCUT2D eigenvalue weighted by Gasteiger charge is -2.29. The summed E-state index contributed by atoms with van der Waals surface area (Å²) >= 11 is 0. The van der Waals surface area contributed by atoms with Gasteiger partial charge in [0, 0.05) is 22.0 Å². The maximum absolute atomic E-state index is 6.68. The summed E-state index contributed by atoms with van der Waals surface area (Å²) in [5.74, 6) is 0. The molecule has 0 amide bonds. The largest absolute Gasteiger partial charge is 0.454 e. The molecule has 0 spiro atoms. The highest BCUT2D eigenvalue weighted by molar-refractivity contribution is 6.11. The van der Waals surface area contributed by atoms with E-state index < -0.39 is 0 Å². The normalized spacial score (nSPS) is 12.9. The van der Waals surface area contributed by atoms with E-state index in [0.29, 0.717) is 0 Å². The Kier molecular flexibility index (Phi) is 8.00. The highest BCUT2D eigenvalue weighted by Crippen LogP contribution is 2.46. The fraction of sp³-hybridized carbons (Fsp3) is 0.0385. The highest BCUT2D eigenvalue weighted by atomic mass is 16.3. The molecule has 9 aromatic rings. The number of hydrogen-bond acceptors (Lipinski definition) is 2. The van der Waals surface area contributed by atoms with Gasteiger partial charge >= 0.3 is 0 Å². The number of hydrogen-bond donors (Lipinski definition) is 0. The fourth-order valence-corrected chi connectivity index (χ4v) is 8.13. The molecular weight excluding hydrogens is 655 g/mol. The smallest absolute Gasteiger partial charge is 0.159 e. The standard InChI is InChI=1S/C52H37NO/c1-2-13-36(14-3-1)37-27-29-38(30-28-37)39-31-33-43(34-32-39)53(50-25-12-23-48-47-21-7-9-26-51(47)54-52(48)50)49-24-8-6-20-46(49)42-18-10-17-41(35-42)45-22-11-16-40-15-4-5-19-44(40)45/h1-9,11-16,18-35H,10,17H2. The second kappa shape index (κ2) is 13.6. The number of allylic oxidation sites excluding steroid dienone is 4. The molecule has 0 bridgehead atoms. The average molecular weight is 692 g/mol. The average Bonchev–Trinajstić information content (AvgIpc) is 3.64. The molecule has 0 unspecified atom stereocenters. The Labute approximate surface area is 315 Å². The summed E-state index contributed by atoms with van der Waals surface area (Å²) in [4.78, 5) is 2.38. The molecule has 2 nitrogen and oxygen atoms in total. The van der Waals surface area contributed by atoms with E-state index >= 15 is 0 Å². The predicted molar refractivity (Wildman–Crippen MR) is 228 cm³/mol. The Balaban J connectivity index is 1.10. The summed E-state index contributed by atoms with van der Waals surface area (Å²) in [7, 11) is 0. The third kappa shape index (κ3) is 5.70. The van der Waals surface area contributed by atoms with Crippen molar-refractivity contribution in [2.45, 2.75) is 12.8 Å². The monoisotopic (exact) mass is 691 g/mol. The number of nitrogens with zero attached hydrogens (tertiary/aromatic N) is 1. The second-order valence-corrected chi connectivity index (χ2v) is 14.0. The van der Waals surface area contributed by atoms with E-state index in [9.17, 15) is 0 Å². The van der Waals surface area contributed by atoms with Crippen LogP contribution in [0.3, 0.4) is 0 Å². The number of fused-ring (bicyclic) bond motifs is 4. The van der Waals surface area contributed by atoms with E-state index in [0.717, 1.165) is 51.8 Å². The van der Waals surface area contributed by atoms with Crippen molar-refractivity contribution in [1.29, 1.82) is 0 Å².